The van der Waals surface area contributed by atoms with E-state index in [1.807, 2.05) is 74.5 Å². The molecule has 1 aliphatic rings. The highest BCUT2D eigenvalue weighted by atomic mass is 16.6. The number of amides is 2. The summed E-state index contributed by atoms with van der Waals surface area (Å²) in [5, 5.41) is 0. The van der Waals surface area contributed by atoms with Gasteiger partial charge in [-0.25, -0.2) is 9.69 Å². The standard InChI is InChI=1S/C21H23NO3/c1-3-17(14-16-10-6-4-7-11-16)20(23)22-15(2)19(25-21(22)24)18-12-8-5-9-13-18/h4-13,15,17,19H,3,14H2,1-2H3/t15-,17+,19-/m0/s1. The number of carbonyl (C=O) groups excluding carboxylic acids is 2. The minimum Gasteiger partial charge on any atom is -0.439 e. The second-order valence-corrected chi connectivity index (χ2v) is 6.46. The zero-order chi connectivity index (χ0) is 17.8. The van der Waals surface area contributed by atoms with Gasteiger partial charge in [0.05, 0.1) is 6.04 Å². The van der Waals surface area contributed by atoms with Crippen LogP contribution in [0.5, 0.6) is 0 Å². The summed E-state index contributed by atoms with van der Waals surface area (Å²) in [6, 6.07) is 19.2. The van der Waals surface area contributed by atoms with Crippen LogP contribution in [0, 0.1) is 5.92 Å². The Hall–Kier alpha value is -2.62. The van der Waals surface area contributed by atoms with Crippen LogP contribution in [0.15, 0.2) is 60.7 Å². The van der Waals surface area contributed by atoms with Crippen molar-refractivity contribution in [1.82, 2.24) is 4.90 Å². The van der Waals surface area contributed by atoms with Gasteiger partial charge in [-0.05, 0) is 30.9 Å². The van der Waals surface area contributed by atoms with E-state index in [4.69, 9.17) is 4.74 Å². The number of nitrogens with zero attached hydrogens (tertiary/aromatic N) is 1. The van der Waals surface area contributed by atoms with E-state index < -0.39 is 12.2 Å². The van der Waals surface area contributed by atoms with Crippen LogP contribution >= 0.6 is 0 Å². The lowest BCUT2D eigenvalue weighted by molar-refractivity contribution is -0.133. The van der Waals surface area contributed by atoms with E-state index in [-0.39, 0.29) is 17.9 Å². The molecule has 0 N–H and O–H groups in total. The lowest BCUT2D eigenvalue weighted by Crippen LogP contribution is -2.42. The van der Waals surface area contributed by atoms with Crippen molar-refractivity contribution in [3.63, 3.8) is 0 Å². The van der Waals surface area contributed by atoms with Crippen LogP contribution in [-0.2, 0) is 16.0 Å². The molecule has 0 radical (unpaired) electrons. The van der Waals surface area contributed by atoms with Gasteiger partial charge in [-0.15, -0.1) is 0 Å². The molecule has 0 aliphatic carbocycles. The minimum atomic E-state index is -0.544. The maximum absolute atomic E-state index is 13.0. The molecular weight excluding hydrogens is 314 g/mol. The molecule has 3 atom stereocenters. The molecule has 1 saturated heterocycles. The van der Waals surface area contributed by atoms with Crippen molar-refractivity contribution in [3.05, 3.63) is 71.8 Å². The first-order valence-electron chi connectivity index (χ1n) is 8.74. The van der Waals surface area contributed by atoms with Gasteiger partial charge in [0, 0.05) is 5.92 Å². The highest BCUT2D eigenvalue weighted by molar-refractivity contribution is 5.95. The van der Waals surface area contributed by atoms with Crippen LogP contribution < -0.4 is 0 Å². The number of cyclic esters (lactones) is 1. The van der Waals surface area contributed by atoms with Crippen molar-refractivity contribution in [2.45, 2.75) is 38.8 Å². The molecular formula is C21H23NO3. The summed E-state index contributed by atoms with van der Waals surface area (Å²) in [7, 11) is 0. The highest BCUT2D eigenvalue weighted by Crippen LogP contribution is 2.33. The van der Waals surface area contributed by atoms with E-state index in [1.165, 1.54) is 4.90 Å². The van der Waals surface area contributed by atoms with Crippen LogP contribution in [0.4, 0.5) is 4.79 Å². The fourth-order valence-corrected chi connectivity index (χ4v) is 3.35. The number of ether oxygens (including phenoxy) is 1. The molecule has 0 saturated carbocycles. The van der Waals surface area contributed by atoms with Gasteiger partial charge >= 0.3 is 6.09 Å². The van der Waals surface area contributed by atoms with Gasteiger partial charge < -0.3 is 4.74 Å². The molecule has 2 aromatic rings. The molecule has 0 spiro atoms. The molecule has 3 rings (SSSR count). The van der Waals surface area contributed by atoms with Gasteiger partial charge in [0.1, 0.15) is 6.10 Å². The van der Waals surface area contributed by atoms with Gasteiger partial charge in [0.15, 0.2) is 0 Å². The SMILES string of the molecule is CC[C@H](Cc1ccccc1)C(=O)N1C(=O)O[C@H](c2ccccc2)[C@@H]1C. The molecule has 1 fully saturated rings. The minimum absolute atomic E-state index is 0.151. The van der Waals surface area contributed by atoms with Crippen LogP contribution in [0.1, 0.15) is 37.5 Å². The summed E-state index contributed by atoms with van der Waals surface area (Å²) in [4.78, 5) is 26.7. The summed E-state index contributed by atoms with van der Waals surface area (Å²) >= 11 is 0. The number of carbonyl (C=O) groups is 2. The van der Waals surface area contributed by atoms with Gasteiger partial charge in [0.2, 0.25) is 5.91 Å². The quantitative estimate of drug-likeness (QED) is 0.814. The van der Waals surface area contributed by atoms with Gasteiger partial charge in [-0.2, -0.15) is 0 Å². The van der Waals surface area contributed by atoms with Crippen LogP contribution in [-0.4, -0.2) is 22.9 Å². The van der Waals surface area contributed by atoms with E-state index in [0.717, 1.165) is 11.1 Å². The molecule has 0 unspecified atom stereocenters. The maximum Gasteiger partial charge on any atom is 0.417 e. The number of hydrogen-bond donors (Lipinski definition) is 0. The van der Waals surface area contributed by atoms with Crippen molar-refractivity contribution in [3.8, 4) is 0 Å². The van der Waals surface area contributed by atoms with Crippen molar-refractivity contribution in [1.29, 1.82) is 0 Å². The smallest absolute Gasteiger partial charge is 0.417 e. The summed E-state index contributed by atoms with van der Waals surface area (Å²) in [5.74, 6) is -0.380. The van der Waals surface area contributed by atoms with Gasteiger partial charge in [-0.3, -0.25) is 4.79 Å². The second-order valence-electron chi connectivity index (χ2n) is 6.46. The molecule has 2 amide bonds. The zero-order valence-corrected chi connectivity index (χ0v) is 14.6. The van der Waals surface area contributed by atoms with E-state index >= 15 is 0 Å². The fraction of sp³-hybridized carbons (Fsp3) is 0.333. The molecule has 0 aromatic heterocycles. The van der Waals surface area contributed by atoms with Crippen LogP contribution in [0.2, 0.25) is 0 Å². The number of benzene rings is 2. The molecule has 1 heterocycles. The number of hydrogen-bond acceptors (Lipinski definition) is 3. The number of rotatable bonds is 5. The Labute approximate surface area is 148 Å². The predicted molar refractivity (Wildman–Crippen MR) is 95.9 cm³/mol. The zero-order valence-electron chi connectivity index (χ0n) is 14.6. The third-order valence-electron chi connectivity index (χ3n) is 4.80. The first-order chi connectivity index (χ1) is 12.1. The molecule has 130 valence electrons. The Morgan fingerprint density at radius 2 is 1.68 bits per heavy atom. The van der Waals surface area contributed by atoms with Crippen molar-refractivity contribution in [2.24, 2.45) is 5.92 Å². The molecule has 0 bridgehead atoms. The summed E-state index contributed by atoms with van der Waals surface area (Å²) in [6.45, 7) is 3.85. The van der Waals surface area contributed by atoms with Gasteiger partial charge in [0.25, 0.3) is 0 Å². The summed E-state index contributed by atoms with van der Waals surface area (Å²) < 4.78 is 5.50. The average Bonchev–Trinajstić information content (AvgIpc) is 2.95. The molecule has 4 nitrogen and oxygen atoms in total. The third-order valence-corrected chi connectivity index (χ3v) is 4.80. The molecule has 25 heavy (non-hydrogen) atoms. The Bertz CT molecular complexity index is 729. The second kappa shape index (κ2) is 7.51. The van der Waals surface area contributed by atoms with E-state index in [1.54, 1.807) is 0 Å². The largest absolute Gasteiger partial charge is 0.439 e. The van der Waals surface area contributed by atoms with E-state index in [2.05, 4.69) is 0 Å². The van der Waals surface area contributed by atoms with Crippen molar-refractivity contribution in [2.75, 3.05) is 0 Å². The molecule has 4 heteroatoms. The van der Waals surface area contributed by atoms with E-state index in [9.17, 15) is 9.59 Å². The monoisotopic (exact) mass is 337 g/mol. The Balaban J connectivity index is 1.77. The van der Waals surface area contributed by atoms with Gasteiger partial charge in [-0.1, -0.05) is 67.6 Å². The molecule has 2 aromatic carbocycles. The Morgan fingerprint density at radius 3 is 2.28 bits per heavy atom. The third kappa shape index (κ3) is 3.58. The fourth-order valence-electron chi connectivity index (χ4n) is 3.35. The topological polar surface area (TPSA) is 46.6 Å². The van der Waals surface area contributed by atoms with Crippen molar-refractivity contribution < 1.29 is 14.3 Å². The first kappa shape index (κ1) is 17.2. The Morgan fingerprint density at radius 1 is 1.08 bits per heavy atom. The van der Waals surface area contributed by atoms with Crippen LogP contribution in [0.25, 0.3) is 0 Å². The van der Waals surface area contributed by atoms with Crippen molar-refractivity contribution >= 4 is 12.0 Å². The lowest BCUT2D eigenvalue weighted by atomic mass is 9.94. The molecule has 1 aliphatic heterocycles. The average molecular weight is 337 g/mol. The van der Waals surface area contributed by atoms with E-state index in [0.29, 0.717) is 12.8 Å². The van der Waals surface area contributed by atoms with Crippen LogP contribution in [0.3, 0.4) is 0 Å². The maximum atomic E-state index is 13.0. The normalized spacial score (nSPS) is 21.0. The number of imide groups is 1. The highest BCUT2D eigenvalue weighted by Gasteiger charge is 2.44. The predicted octanol–water partition coefficient (Wildman–Crippen LogP) is 4.36. The Kier molecular flexibility index (Phi) is 5.17. The summed E-state index contributed by atoms with van der Waals surface area (Å²) in [5.41, 5.74) is 2.01. The summed E-state index contributed by atoms with van der Waals surface area (Å²) in [6.07, 6.45) is 0.355. The lowest BCUT2D eigenvalue weighted by Gasteiger charge is -2.24. The first-order valence-corrected chi connectivity index (χ1v) is 8.74.